The highest BCUT2D eigenvalue weighted by Gasteiger charge is 2.39. The Hall–Kier alpha value is -5.37. The maximum Gasteiger partial charge on any atom is 0.326 e. The topological polar surface area (TPSA) is 235 Å². The van der Waals surface area contributed by atoms with Gasteiger partial charge in [-0.25, -0.2) is 4.79 Å². The first-order valence-electron chi connectivity index (χ1n) is 15.7. The number of aliphatic carboxylic acids is 1. The summed E-state index contributed by atoms with van der Waals surface area (Å²) >= 11 is 0. The van der Waals surface area contributed by atoms with Gasteiger partial charge in [-0.05, 0) is 55.4 Å². The molecule has 4 aromatic rings. The van der Waals surface area contributed by atoms with Crippen molar-refractivity contribution in [3.8, 4) is 0 Å². The maximum absolute atomic E-state index is 13.9. The van der Waals surface area contributed by atoms with Crippen LogP contribution in [0.2, 0.25) is 0 Å². The summed E-state index contributed by atoms with van der Waals surface area (Å²) < 4.78 is 0. The molecule has 3 heterocycles. The third-order valence-electron chi connectivity index (χ3n) is 8.60. The number of nitrogens with two attached hydrogens (primary N) is 2. The van der Waals surface area contributed by atoms with Gasteiger partial charge < -0.3 is 47.4 Å². The summed E-state index contributed by atoms with van der Waals surface area (Å²) in [6.45, 7) is 0.574. The lowest BCUT2D eigenvalue weighted by atomic mass is 10.0. The molecular formula is C33H41N9O5. The summed E-state index contributed by atoms with van der Waals surface area (Å²) in [4.78, 5) is 60.7. The van der Waals surface area contributed by atoms with Crippen LogP contribution in [0.5, 0.6) is 0 Å². The van der Waals surface area contributed by atoms with Crippen LogP contribution < -0.4 is 27.4 Å². The molecule has 0 aliphatic carbocycles. The Morgan fingerprint density at radius 2 is 1.55 bits per heavy atom. The Bertz CT molecular complexity index is 1770. The highest BCUT2D eigenvalue weighted by Crippen LogP contribution is 2.23. The highest BCUT2D eigenvalue weighted by molar-refractivity contribution is 5.95. The largest absolute Gasteiger partial charge is 0.480 e. The number of amides is 3. The molecule has 0 spiro atoms. The Morgan fingerprint density at radius 3 is 2.17 bits per heavy atom. The zero-order chi connectivity index (χ0) is 33.5. The average Bonchev–Trinajstić information content (AvgIpc) is 3.81. The first-order chi connectivity index (χ1) is 22.6. The minimum absolute atomic E-state index is 0.0574. The summed E-state index contributed by atoms with van der Waals surface area (Å²) in [6.07, 6.45) is 5.32. The van der Waals surface area contributed by atoms with Crippen LogP contribution in [0.25, 0.3) is 21.8 Å². The molecule has 1 saturated heterocycles. The fourth-order valence-electron chi connectivity index (χ4n) is 6.19. The molecule has 0 bridgehead atoms. The molecule has 248 valence electrons. The number of carboxylic acid groups (broad SMARTS) is 1. The van der Waals surface area contributed by atoms with Crippen molar-refractivity contribution in [2.75, 3.05) is 13.1 Å². The van der Waals surface area contributed by atoms with Gasteiger partial charge in [0.15, 0.2) is 5.96 Å². The monoisotopic (exact) mass is 643 g/mol. The molecular weight excluding hydrogens is 602 g/mol. The van der Waals surface area contributed by atoms with Crippen molar-refractivity contribution in [3.63, 3.8) is 0 Å². The number of aromatic amines is 2. The summed E-state index contributed by atoms with van der Waals surface area (Å²) in [7, 11) is 0. The number of hydrogen-bond donors (Lipinski definition) is 9. The van der Waals surface area contributed by atoms with Crippen LogP contribution in [0.3, 0.4) is 0 Å². The molecule has 2 aromatic heterocycles. The van der Waals surface area contributed by atoms with Crippen LogP contribution in [0, 0.1) is 5.41 Å². The zero-order valence-electron chi connectivity index (χ0n) is 25.9. The number of nitrogens with zero attached hydrogens (tertiary/aromatic N) is 1. The summed E-state index contributed by atoms with van der Waals surface area (Å²) in [5.41, 5.74) is 15.1. The quantitative estimate of drug-likeness (QED) is 0.0546. The van der Waals surface area contributed by atoms with Gasteiger partial charge in [-0.1, -0.05) is 36.4 Å². The van der Waals surface area contributed by atoms with Crippen molar-refractivity contribution in [1.29, 1.82) is 5.41 Å². The molecule has 4 atom stereocenters. The number of para-hydroxylation sites is 2. The summed E-state index contributed by atoms with van der Waals surface area (Å²) in [6, 6.07) is 11.1. The van der Waals surface area contributed by atoms with Crippen LogP contribution in [0.15, 0.2) is 60.9 Å². The number of likely N-dealkylation sites (tertiary alicyclic amines) is 1. The second-order valence-electron chi connectivity index (χ2n) is 11.9. The molecule has 1 fully saturated rings. The molecule has 3 amide bonds. The number of nitrogens with one attached hydrogen (secondary N) is 6. The Balaban J connectivity index is 1.26. The molecule has 11 N–H and O–H groups in total. The van der Waals surface area contributed by atoms with E-state index in [4.69, 9.17) is 16.9 Å². The number of rotatable bonds is 14. The highest BCUT2D eigenvalue weighted by atomic mass is 16.4. The van der Waals surface area contributed by atoms with Crippen LogP contribution in [0.4, 0.5) is 0 Å². The lowest BCUT2D eigenvalue weighted by Crippen LogP contribution is -2.57. The van der Waals surface area contributed by atoms with E-state index in [1.165, 1.54) is 4.90 Å². The van der Waals surface area contributed by atoms with Gasteiger partial charge in [-0.2, -0.15) is 0 Å². The van der Waals surface area contributed by atoms with E-state index in [0.717, 1.165) is 32.9 Å². The van der Waals surface area contributed by atoms with Gasteiger partial charge >= 0.3 is 5.97 Å². The standard InChI is InChI=1S/C33H41N9O5/c34-23(15-19-17-38-24-9-3-1-7-21(19)24)29(43)40-26(11-5-13-37-33(35)36)31(45)42-14-6-12-28(42)30(44)41-27(32(46)47)16-20-18-39-25-10-4-2-8-22(20)25/h1-4,7-10,17-18,23,26-28,38-39H,5-6,11-16,34H2,(H,40,43)(H,41,44)(H,46,47)(H4,35,36,37)/t23-,26-,27-,28-/m0/s1. The number of benzene rings is 2. The molecule has 14 nitrogen and oxygen atoms in total. The van der Waals surface area contributed by atoms with Crippen molar-refractivity contribution < 1.29 is 24.3 Å². The second-order valence-corrected chi connectivity index (χ2v) is 11.9. The van der Waals surface area contributed by atoms with Crippen LogP contribution in [-0.2, 0) is 32.0 Å². The molecule has 47 heavy (non-hydrogen) atoms. The number of hydrogen-bond acceptors (Lipinski definition) is 6. The van der Waals surface area contributed by atoms with Gasteiger partial charge in [-0.3, -0.25) is 19.8 Å². The molecule has 5 rings (SSSR count). The van der Waals surface area contributed by atoms with Crippen molar-refractivity contribution in [1.82, 2.24) is 30.8 Å². The Kier molecular flexibility index (Phi) is 10.4. The average molecular weight is 644 g/mol. The predicted octanol–water partition coefficient (Wildman–Crippen LogP) is 1.07. The number of carbonyl (C=O) groups excluding carboxylic acids is 3. The minimum Gasteiger partial charge on any atom is -0.480 e. The fourth-order valence-corrected chi connectivity index (χ4v) is 6.19. The second kappa shape index (κ2) is 14.8. The van der Waals surface area contributed by atoms with Crippen molar-refractivity contribution in [2.45, 2.75) is 62.7 Å². The normalized spacial score (nSPS) is 16.4. The van der Waals surface area contributed by atoms with E-state index in [2.05, 4.69) is 25.9 Å². The lowest BCUT2D eigenvalue weighted by molar-refractivity contribution is -0.145. The molecule has 0 saturated carbocycles. The lowest BCUT2D eigenvalue weighted by Gasteiger charge is -2.30. The number of carbonyl (C=O) groups is 4. The minimum atomic E-state index is -1.21. The van der Waals surface area contributed by atoms with Crippen molar-refractivity contribution in [3.05, 3.63) is 72.1 Å². The maximum atomic E-state index is 13.9. The number of H-pyrrole nitrogens is 2. The number of aromatic nitrogens is 2. The summed E-state index contributed by atoms with van der Waals surface area (Å²) in [5.74, 6) is -2.94. The Labute approximate surface area is 271 Å². The van der Waals surface area contributed by atoms with E-state index in [9.17, 15) is 24.3 Å². The molecule has 1 aliphatic heterocycles. The van der Waals surface area contributed by atoms with E-state index in [1.54, 1.807) is 6.20 Å². The molecule has 2 aromatic carbocycles. The van der Waals surface area contributed by atoms with Gasteiger partial charge in [0.25, 0.3) is 0 Å². The fraction of sp³-hybridized carbons (Fsp3) is 0.364. The molecule has 0 unspecified atom stereocenters. The first kappa shape index (κ1) is 33.0. The third-order valence-corrected chi connectivity index (χ3v) is 8.60. The van der Waals surface area contributed by atoms with Gasteiger partial charge in [0, 0.05) is 53.7 Å². The van der Waals surface area contributed by atoms with Crippen molar-refractivity contribution in [2.24, 2.45) is 11.5 Å². The first-order valence-corrected chi connectivity index (χ1v) is 15.7. The number of guanidine groups is 1. The number of carboxylic acids is 1. The summed E-state index contributed by atoms with van der Waals surface area (Å²) in [5, 5.41) is 27.3. The van der Waals surface area contributed by atoms with E-state index >= 15 is 0 Å². The van der Waals surface area contributed by atoms with Crippen LogP contribution >= 0.6 is 0 Å². The van der Waals surface area contributed by atoms with Gasteiger partial charge in [0.05, 0.1) is 6.04 Å². The van der Waals surface area contributed by atoms with Crippen molar-refractivity contribution >= 4 is 51.5 Å². The van der Waals surface area contributed by atoms with Gasteiger partial charge in [0.2, 0.25) is 17.7 Å². The van der Waals surface area contributed by atoms with Crippen LogP contribution in [0.1, 0.15) is 36.8 Å². The van der Waals surface area contributed by atoms with E-state index in [0.29, 0.717) is 25.8 Å². The van der Waals surface area contributed by atoms with E-state index in [1.807, 2.05) is 54.7 Å². The Morgan fingerprint density at radius 1 is 0.936 bits per heavy atom. The molecule has 14 heteroatoms. The third kappa shape index (κ3) is 7.90. The zero-order valence-corrected chi connectivity index (χ0v) is 25.9. The predicted molar refractivity (Wildman–Crippen MR) is 177 cm³/mol. The van der Waals surface area contributed by atoms with Gasteiger partial charge in [0.1, 0.15) is 18.1 Å². The molecule has 1 aliphatic rings. The number of fused-ring (bicyclic) bond motifs is 2. The van der Waals surface area contributed by atoms with Gasteiger partial charge in [-0.15, -0.1) is 0 Å². The van der Waals surface area contributed by atoms with E-state index in [-0.39, 0.29) is 31.8 Å². The van der Waals surface area contributed by atoms with E-state index < -0.39 is 47.9 Å². The smallest absolute Gasteiger partial charge is 0.326 e. The SMILES string of the molecule is N=C(N)NCCC[C@H](NC(=O)[C@@H](N)Cc1c[nH]c2ccccc12)C(=O)N1CCC[C@H]1C(=O)N[C@@H](Cc1c[nH]c2ccccc12)C(=O)O. The molecule has 0 radical (unpaired) electrons. The van der Waals surface area contributed by atoms with Crippen LogP contribution in [-0.4, -0.2) is 86.9 Å².